The summed E-state index contributed by atoms with van der Waals surface area (Å²) in [7, 11) is 0. The highest BCUT2D eigenvalue weighted by Crippen LogP contribution is 2.23. The summed E-state index contributed by atoms with van der Waals surface area (Å²) in [6.07, 6.45) is 8.07. The third kappa shape index (κ3) is 4.33. The van der Waals surface area contributed by atoms with Crippen molar-refractivity contribution in [2.75, 3.05) is 32.8 Å². The molecule has 2 aromatic rings. The summed E-state index contributed by atoms with van der Waals surface area (Å²) >= 11 is 0. The predicted molar refractivity (Wildman–Crippen MR) is 104 cm³/mol. The molecule has 0 spiro atoms. The maximum atomic E-state index is 9.43. The lowest BCUT2D eigenvalue weighted by Crippen LogP contribution is -2.39. The summed E-state index contributed by atoms with van der Waals surface area (Å²) in [5.41, 5.74) is 2.41. The molecule has 1 saturated heterocycles. The molecule has 0 amide bonds. The molecule has 6 heteroatoms. The quantitative estimate of drug-likeness (QED) is 0.839. The molecule has 0 N–H and O–H groups in total. The van der Waals surface area contributed by atoms with E-state index in [0.717, 1.165) is 57.1 Å². The molecule has 0 radical (unpaired) electrons. The van der Waals surface area contributed by atoms with Gasteiger partial charge in [-0.2, -0.15) is 5.26 Å². The lowest BCUT2D eigenvalue weighted by Gasteiger charge is -2.30. The van der Waals surface area contributed by atoms with E-state index in [9.17, 15) is 5.26 Å². The van der Waals surface area contributed by atoms with Gasteiger partial charge in [0, 0.05) is 25.3 Å². The molecule has 0 saturated carbocycles. The van der Waals surface area contributed by atoms with Gasteiger partial charge in [0.1, 0.15) is 11.6 Å². The van der Waals surface area contributed by atoms with Crippen molar-refractivity contribution in [1.29, 1.82) is 5.26 Å². The Balaban J connectivity index is 1.47. The Labute approximate surface area is 159 Å². The van der Waals surface area contributed by atoms with Crippen molar-refractivity contribution in [1.82, 2.24) is 14.7 Å². The molecule has 1 unspecified atom stereocenters. The van der Waals surface area contributed by atoms with Gasteiger partial charge in [0.05, 0.1) is 25.1 Å². The van der Waals surface area contributed by atoms with E-state index in [4.69, 9.17) is 4.74 Å². The van der Waals surface area contributed by atoms with Crippen LogP contribution in [0.4, 0.5) is 5.82 Å². The third-order valence-corrected chi connectivity index (χ3v) is 5.01. The lowest BCUT2D eigenvalue weighted by molar-refractivity contribution is 0.0330. The van der Waals surface area contributed by atoms with E-state index in [2.05, 4.69) is 33.2 Å². The molecule has 1 aliphatic heterocycles. The fourth-order valence-corrected chi connectivity index (χ4v) is 3.50. The van der Waals surface area contributed by atoms with Crippen molar-refractivity contribution in [3.63, 3.8) is 0 Å². The highest BCUT2D eigenvalue weighted by Gasteiger charge is 2.18. The van der Waals surface area contributed by atoms with E-state index in [-0.39, 0.29) is 0 Å². The van der Waals surface area contributed by atoms with Crippen molar-refractivity contribution >= 4 is 11.5 Å². The monoisotopic (exact) mass is 361 g/mol. The van der Waals surface area contributed by atoms with Crippen LogP contribution in [0, 0.1) is 17.2 Å². The normalized spacial score (nSPS) is 22.0. The fourth-order valence-electron chi connectivity index (χ4n) is 3.50. The Bertz CT molecular complexity index is 872. The molecule has 27 heavy (non-hydrogen) atoms. The van der Waals surface area contributed by atoms with Gasteiger partial charge in [-0.3, -0.25) is 4.90 Å². The molecule has 0 bridgehead atoms. The summed E-state index contributed by atoms with van der Waals surface area (Å²) in [5.74, 6) is 1.05. The second-order valence-electron chi connectivity index (χ2n) is 6.93. The number of allylic oxidation sites excluding steroid dienone is 1. The highest BCUT2D eigenvalue weighted by atomic mass is 16.5. The maximum Gasteiger partial charge on any atom is 0.192 e. The summed E-state index contributed by atoms with van der Waals surface area (Å²) in [6.45, 7) is 4.80. The van der Waals surface area contributed by atoms with Gasteiger partial charge < -0.3 is 4.74 Å². The van der Waals surface area contributed by atoms with Crippen LogP contribution < -0.4 is 0 Å². The van der Waals surface area contributed by atoms with Gasteiger partial charge >= 0.3 is 0 Å². The van der Waals surface area contributed by atoms with Gasteiger partial charge in [-0.15, -0.1) is 5.10 Å². The van der Waals surface area contributed by atoms with Crippen LogP contribution in [0.25, 0.3) is 5.69 Å². The van der Waals surface area contributed by atoms with Gasteiger partial charge in [0.2, 0.25) is 0 Å². The SMILES string of the molecule is N#Cc1cn(-c2ccccc2)nc1N=C1C=CC(CN2CCOCC2)CC1. The minimum atomic E-state index is 0.493. The molecule has 1 aromatic carbocycles. The van der Waals surface area contributed by atoms with Crippen molar-refractivity contribution < 1.29 is 4.74 Å². The van der Waals surface area contributed by atoms with Gasteiger partial charge in [0.25, 0.3) is 0 Å². The van der Waals surface area contributed by atoms with E-state index in [1.165, 1.54) is 0 Å². The molecule has 1 fully saturated rings. The van der Waals surface area contributed by atoms with Crippen LogP contribution in [0.3, 0.4) is 0 Å². The van der Waals surface area contributed by atoms with E-state index in [1.807, 2.05) is 30.3 Å². The Hall–Kier alpha value is -2.75. The Morgan fingerprint density at radius 1 is 1.22 bits per heavy atom. The van der Waals surface area contributed by atoms with Crippen molar-refractivity contribution in [3.05, 3.63) is 54.2 Å². The molecule has 2 aliphatic rings. The molecule has 138 valence electrons. The van der Waals surface area contributed by atoms with Crippen LogP contribution in [-0.2, 0) is 4.74 Å². The van der Waals surface area contributed by atoms with Crippen molar-refractivity contribution in [2.45, 2.75) is 12.8 Å². The highest BCUT2D eigenvalue weighted by molar-refractivity contribution is 5.97. The smallest absolute Gasteiger partial charge is 0.192 e. The molecule has 6 nitrogen and oxygen atoms in total. The second kappa shape index (κ2) is 8.30. The number of rotatable bonds is 4. The molecular weight excluding hydrogens is 338 g/mol. The number of nitriles is 1. The average Bonchev–Trinajstić information content (AvgIpc) is 3.14. The van der Waals surface area contributed by atoms with Crippen molar-refractivity contribution in [2.24, 2.45) is 10.9 Å². The van der Waals surface area contributed by atoms with E-state index in [0.29, 0.717) is 17.3 Å². The minimum Gasteiger partial charge on any atom is -0.379 e. The first kappa shape index (κ1) is 17.7. The van der Waals surface area contributed by atoms with Crippen molar-refractivity contribution in [3.8, 4) is 11.8 Å². The predicted octanol–water partition coefficient (Wildman–Crippen LogP) is 3.11. The maximum absolute atomic E-state index is 9.43. The van der Waals surface area contributed by atoms with Crippen LogP contribution in [0.1, 0.15) is 18.4 Å². The van der Waals surface area contributed by atoms with Gasteiger partial charge in [0.15, 0.2) is 5.82 Å². The lowest BCUT2D eigenvalue weighted by atomic mass is 9.94. The molecule has 1 atom stereocenters. The van der Waals surface area contributed by atoms with Crippen LogP contribution >= 0.6 is 0 Å². The molecule has 2 heterocycles. The topological polar surface area (TPSA) is 66.4 Å². The number of nitrogens with zero attached hydrogens (tertiary/aromatic N) is 5. The van der Waals surface area contributed by atoms with E-state index >= 15 is 0 Å². The first-order valence-electron chi connectivity index (χ1n) is 9.43. The molecule has 1 aromatic heterocycles. The Morgan fingerprint density at radius 3 is 2.74 bits per heavy atom. The van der Waals surface area contributed by atoms with Gasteiger partial charge in [-0.25, -0.2) is 9.67 Å². The Morgan fingerprint density at radius 2 is 2.04 bits per heavy atom. The van der Waals surface area contributed by atoms with E-state index < -0.39 is 0 Å². The largest absolute Gasteiger partial charge is 0.379 e. The van der Waals surface area contributed by atoms with Crippen LogP contribution in [-0.4, -0.2) is 53.2 Å². The summed E-state index contributed by atoms with van der Waals surface area (Å²) in [6, 6.07) is 12.0. The summed E-state index contributed by atoms with van der Waals surface area (Å²) in [5, 5.41) is 13.9. The number of benzene rings is 1. The fraction of sp³-hybridized carbons (Fsp3) is 0.381. The zero-order chi connectivity index (χ0) is 18.5. The van der Waals surface area contributed by atoms with Gasteiger partial charge in [-0.05, 0) is 37.0 Å². The zero-order valence-electron chi connectivity index (χ0n) is 15.3. The molecular formula is C21H23N5O. The average molecular weight is 361 g/mol. The number of hydrogen-bond acceptors (Lipinski definition) is 5. The van der Waals surface area contributed by atoms with Crippen LogP contribution in [0.5, 0.6) is 0 Å². The third-order valence-electron chi connectivity index (χ3n) is 5.01. The summed E-state index contributed by atoms with van der Waals surface area (Å²) < 4.78 is 7.13. The first-order valence-corrected chi connectivity index (χ1v) is 9.43. The Kier molecular flexibility index (Phi) is 5.42. The molecule has 1 aliphatic carbocycles. The minimum absolute atomic E-state index is 0.493. The number of aliphatic imine (C=N–C) groups is 1. The zero-order valence-corrected chi connectivity index (χ0v) is 15.3. The van der Waals surface area contributed by atoms with E-state index in [1.54, 1.807) is 10.9 Å². The van der Waals surface area contributed by atoms with Crippen LogP contribution in [0.15, 0.2) is 53.7 Å². The van der Waals surface area contributed by atoms with Gasteiger partial charge in [-0.1, -0.05) is 24.3 Å². The number of hydrogen-bond donors (Lipinski definition) is 0. The second-order valence-corrected chi connectivity index (χ2v) is 6.93. The summed E-state index contributed by atoms with van der Waals surface area (Å²) in [4.78, 5) is 7.13. The number of ether oxygens (including phenoxy) is 1. The first-order chi connectivity index (χ1) is 13.3. The number of morpholine rings is 1. The number of para-hydroxylation sites is 1. The standard InChI is InChI=1S/C21H23N5O/c22-14-18-16-26(20-4-2-1-3-5-20)24-21(18)23-19-8-6-17(7-9-19)15-25-10-12-27-13-11-25/h1-6,8,16-17H,7,9-13,15H2. The van der Waals surface area contributed by atoms with Crippen LogP contribution in [0.2, 0.25) is 0 Å². The number of aromatic nitrogens is 2. The molecule has 4 rings (SSSR count).